The summed E-state index contributed by atoms with van der Waals surface area (Å²) in [6, 6.07) is 0. The van der Waals surface area contributed by atoms with Crippen LogP contribution >= 0.6 is 15.9 Å². The predicted octanol–water partition coefficient (Wildman–Crippen LogP) is 1.70. The zero-order valence-corrected chi connectivity index (χ0v) is 10.4. The van der Waals surface area contributed by atoms with Gasteiger partial charge in [-0.15, -0.1) is 0 Å². The lowest BCUT2D eigenvalue weighted by atomic mass is 10.5. The molecule has 0 atom stereocenters. The van der Waals surface area contributed by atoms with Crippen molar-refractivity contribution in [3.8, 4) is 5.88 Å². The van der Waals surface area contributed by atoms with Crippen molar-refractivity contribution < 1.29 is 9.47 Å². The van der Waals surface area contributed by atoms with Gasteiger partial charge >= 0.3 is 0 Å². The summed E-state index contributed by atoms with van der Waals surface area (Å²) in [7, 11) is 3.46. The SMILES string of the molecule is CNc1ncnc(OCCCOC)c1Br. The van der Waals surface area contributed by atoms with Crippen LogP contribution in [0.4, 0.5) is 5.82 Å². The van der Waals surface area contributed by atoms with Crippen molar-refractivity contribution in [2.45, 2.75) is 6.42 Å². The second kappa shape index (κ2) is 6.58. The van der Waals surface area contributed by atoms with E-state index < -0.39 is 0 Å². The molecule has 0 radical (unpaired) electrons. The van der Waals surface area contributed by atoms with Gasteiger partial charge in [0.15, 0.2) is 0 Å². The Bertz CT molecular complexity index is 309. The lowest BCUT2D eigenvalue weighted by molar-refractivity contribution is 0.170. The van der Waals surface area contributed by atoms with Crippen LogP contribution in [0.5, 0.6) is 5.88 Å². The largest absolute Gasteiger partial charge is 0.477 e. The van der Waals surface area contributed by atoms with Gasteiger partial charge in [-0.05, 0) is 15.9 Å². The van der Waals surface area contributed by atoms with E-state index in [1.54, 1.807) is 14.2 Å². The molecule has 1 rings (SSSR count). The van der Waals surface area contributed by atoms with Crippen molar-refractivity contribution in [2.24, 2.45) is 0 Å². The lowest BCUT2D eigenvalue weighted by Crippen LogP contribution is -2.04. The van der Waals surface area contributed by atoms with Gasteiger partial charge in [0.05, 0.1) is 6.61 Å². The average molecular weight is 276 g/mol. The van der Waals surface area contributed by atoms with Crippen LogP contribution in [0.25, 0.3) is 0 Å². The summed E-state index contributed by atoms with van der Waals surface area (Å²) in [6.07, 6.45) is 2.30. The van der Waals surface area contributed by atoms with Crippen molar-refractivity contribution in [1.82, 2.24) is 9.97 Å². The molecule has 1 N–H and O–H groups in total. The van der Waals surface area contributed by atoms with Gasteiger partial charge in [0.1, 0.15) is 16.6 Å². The van der Waals surface area contributed by atoms with Gasteiger partial charge in [0, 0.05) is 27.2 Å². The highest BCUT2D eigenvalue weighted by molar-refractivity contribution is 9.10. The molecule has 0 aliphatic heterocycles. The zero-order chi connectivity index (χ0) is 11.1. The Morgan fingerprint density at radius 2 is 2.20 bits per heavy atom. The molecule has 1 heterocycles. The van der Waals surface area contributed by atoms with E-state index in [0.717, 1.165) is 10.9 Å². The van der Waals surface area contributed by atoms with Crippen LogP contribution in [-0.2, 0) is 4.74 Å². The van der Waals surface area contributed by atoms with Crippen LogP contribution in [0.2, 0.25) is 0 Å². The van der Waals surface area contributed by atoms with Crippen LogP contribution < -0.4 is 10.1 Å². The fourth-order valence-electron chi connectivity index (χ4n) is 1.00. The Morgan fingerprint density at radius 3 is 2.87 bits per heavy atom. The maximum absolute atomic E-state index is 5.46. The summed E-state index contributed by atoms with van der Waals surface area (Å²) in [4.78, 5) is 8.05. The van der Waals surface area contributed by atoms with Gasteiger partial charge < -0.3 is 14.8 Å². The zero-order valence-electron chi connectivity index (χ0n) is 8.79. The van der Waals surface area contributed by atoms with Crippen LogP contribution in [0.15, 0.2) is 10.8 Å². The number of halogens is 1. The molecule has 0 fully saturated rings. The van der Waals surface area contributed by atoms with Crippen molar-refractivity contribution in [2.75, 3.05) is 32.7 Å². The first-order chi connectivity index (χ1) is 7.29. The highest BCUT2D eigenvalue weighted by Crippen LogP contribution is 2.27. The molecule has 1 aromatic rings. The molecule has 0 aliphatic rings. The van der Waals surface area contributed by atoms with Crippen molar-refractivity contribution in [1.29, 1.82) is 0 Å². The van der Waals surface area contributed by atoms with E-state index in [2.05, 4.69) is 31.2 Å². The van der Waals surface area contributed by atoms with E-state index in [1.165, 1.54) is 6.33 Å². The van der Waals surface area contributed by atoms with Crippen molar-refractivity contribution in [3.05, 3.63) is 10.8 Å². The number of hydrogen-bond donors (Lipinski definition) is 1. The standard InChI is InChI=1S/C9H14BrN3O2/c1-11-8-7(10)9(13-6-12-8)15-5-3-4-14-2/h6H,3-5H2,1-2H3,(H,11,12,13). The average Bonchev–Trinajstić information content (AvgIpc) is 2.26. The van der Waals surface area contributed by atoms with E-state index in [-0.39, 0.29) is 0 Å². The number of rotatable bonds is 6. The molecule has 0 bridgehead atoms. The minimum Gasteiger partial charge on any atom is -0.477 e. The third-order valence-corrected chi connectivity index (χ3v) is 2.44. The molecule has 84 valence electrons. The maximum atomic E-state index is 5.46. The molecule has 0 unspecified atom stereocenters. The topological polar surface area (TPSA) is 56.3 Å². The number of hydrogen-bond acceptors (Lipinski definition) is 5. The van der Waals surface area contributed by atoms with E-state index in [0.29, 0.717) is 24.9 Å². The number of methoxy groups -OCH3 is 1. The smallest absolute Gasteiger partial charge is 0.233 e. The summed E-state index contributed by atoms with van der Waals surface area (Å²) in [5.74, 6) is 1.26. The Kier molecular flexibility index (Phi) is 5.34. The fraction of sp³-hybridized carbons (Fsp3) is 0.556. The van der Waals surface area contributed by atoms with Gasteiger partial charge in [0.2, 0.25) is 5.88 Å². The van der Waals surface area contributed by atoms with Crippen molar-refractivity contribution in [3.63, 3.8) is 0 Å². The molecular weight excluding hydrogens is 262 g/mol. The third-order valence-electron chi connectivity index (χ3n) is 1.73. The number of nitrogens with one attached hydrogen (secondary N) is 1. The molecule has 5 nitrogen and oxygen atoms in total. The first-order valence-electron chi connectivity index (χ1n) is 4.59. The first-order valence-corrected chi connectivity index (χ1v) is 5.39. The first kappa shape index (κ1) is 12.2. The quantitative estimate of drug-likeness (QED) is 0.801. The van der Waals surface area contributed by atoms with Crippen molar-refractivity contribution >= 4 is 21.7 Å². The summed E-state index contributed by atoms with van der Waals surface area (Å²) >= 11 is 3.37. The lowest BCUT2D eigenvalue weighted by Gasteiger charge is -2.08. The van der Waals surface area contributed by atoms with E-state index in [9.17, 15) is 0 Å². The Morgan fingerprint density at radius 1 is 1.40 bits per heavy atom. The minimum absolute atomic E-state index is 0.547. The van der Waals surface area contributed by atoms with Crippen LogP contribution in [0.3, 0.4) is 0 Å². The second-order valence-electron chi connectivity index (χ2n) is 2.79. The van der Waals surface area contributed by atoms with E-state index >= 15 is 0 Å². The minimum atomic E-state index is 0.547. The number of aromatic nitrogens is 2. The molecule has 0 saturated heterocycles. The third kappa shape index (κ3) is 3.64. The fourth-order valence-corrected chi connectivity index (χ4v) is 1.52. The number of anilines is 1. The molecule has 0 aromatic carbocycles. The van der Waals surface area contributed by atoms with Crippen LogP contribution in [-0.4, -0.2) is 37.3 Å². The highest BCUT2D eigenvalue weighted by Gasteiger charge is 2.07. The highest BCUT2D eigenvalue weighted by atomic mass is 79.9. The molecule has 0 amide bonds. The van der Waals surface area contributed by atoms with E-state index in [4.69, 9.17) is 9.47 Å². The number of nitrogens with zero attached hydrogens (tertiary/aromatic N) is 2. The van der Waals surface area contributed by atoms with Gasteiger partial charge in [-0.1, -0.05) is 0 Å². The van der Waals surface area contributed by atoms with E-state index in [1.807, 2.05) is 0 Å². The maximum Gasteiger partial charge on any atom is 0.233 e. The van der Waals surface area contributed by atoms with Gasteiger partial charge in [-0.3, -0.25) is 0 Å². The molecular formula is C9H14BrN3O2. The van der Waals surface area contributed by atoms with Crippen LogP contribution in [0.1, 0.15) is 6.42 Å². The molecule has 15 heavy (non-hydrogen) atoms. The number of ether oxygens (including phenoxy) is 2. The summed E-state index contributed by atoms with van der Waals surface area (Å²) in [6.45, 7) is 1.26. The second-order valence-corrected chi connectivity index (χ2v) is 3.58. The normalized spacial score (nSPS) is 10.1. The van der Waals surface area contributed by atoms with Crippen LogP contribution in [0, 0.1) is 0 Å². The summed E-state index contributed by atoms with van der Waals surface area (Å²) < 4.78 is 11.1. The molecule has 6 heteroatoms. The summed E-state index contributed by atoms with van der Waals surface area (Å²) in [5, 5.41) is 2.93. The monoisotopic (exact) mass is 275 g/mol. The molecule has 0 spiro atoms. The van der Waals surface area contributed by atoms with Gasteiger partial charge in [0.25, 0.3) is 0 Å². The Hall–Kier alpha value is -0.880. The summed E-state index contributed by atoms with van der Waals surface area (Å²) in [5.41, 5.74) is 0. The Labute approximate surface area is 97.3 Å². The van der Waals surface area contributed by atoms with Gasteiger partial charge in [-0.25, -0.2) is 9.97 Å². The predicted molar refractivity (Wildman–Crippen MR) is 61.3 cm³/mol. The molecule has 0 aliphatic carbocycles. The molecule has 0 saturated carbocycles. The molecule has 1 aromatic heterocycles. The van der Waals surface area contributed by atoms with Gasteiger partial charge in [-0.2, -0.15) is 0 Å². The Balaban J connectivity index is 2.53.